The molecule has 3 heteroatoms. The minimum absolute atomic E-state index is 0.0312. The summed E-state index contributed by atoms with van der Waals surface area (Å²) in [5.41, 5.74) is -0.447. The second-order valence-corrected chi connectivity index (χ2v) is 3.92. The molecule has 0 bridgehead atoms. The van der Waals surface area contributed by atoms with Crippen LogP contribution in [0.2, 0.25) is 0 Å². The molecule has 3 nitrogen and oxygen atoms in total. The lowest BCUT2D eigenvalue weighted by Gasteiger charge is -2.15. The normalized spacial score (nSPS) is 11.3. The van der Waals surface area contributed by atoms with Crippen molar-refractivity contribution in [1.29, 1.82) is 0 Å². The lowest BCUT2D eigenvalue weighted by Crippen LogP contribution is -2.20. The van der Waals surface area contributed by atoms with E-state index in [2.05, 4.69) is 4.42 Å². The number of hydrogen-bond donors (Lipinski definition) is 0. The van der Waals surface area contributed by atoms with Crippen LogP contribution in [0.25, 0.3) is 0 Å². The number of rotatable bonds is 1. The SMILES string of the molecule is CC(C)(C)C(=O)c1ccc(=O)oc1. The van der Waals surface area contributed by atoms with Gasteiger partial charge >= 0.3 is 5.63 Å². The summed E-state index contributed by atoms with van der Waals surface area (Å²) in [6.45, 7) is 5.46. The summed E-state index contributed by atoms with van der Waals surface area (Å²) in [7, 11) is 0. The van der Waals surface area contributed by atoms with E-state index >= 15 is 0 Å². The van der Waals surface area contributed by atoms with Crippen molar-refractivity contribution in [3.8, 4) is 0 Å². The van der Waals surface area contributed by atoms with Gasteiger partial charge in [0.05, 0.1) is 5.56 Å². The average Bonchev–Trinajstić information content (AvgIpc) is 2.03. The van der Waals surface area contributed by atoms with Crippen LogP contribution in [0.5, 0.6) is 0 Å². The minimum atomic E-state index is -0.445. The van der Waals surface area contributed by atoms with Gasteiger partial charge < -0.3 is 4.42 Å². The Hall–Kier alpha value is -1.38. The fraction of sp³-hybridized carbons (Fsp3) is 0.400. The van der Waals surface area contributed by atoms with Gasteiger partial charge in [-0.3, -0.25) is 4.79 Å². The zero-order valence-corrected chi connectivity index (χ0v) is 7.96. The predicted octanol–water partition coefficient (Wildman–Crippen LogP) is 1.87. The molecule has 1 aromatic rings. The lowest BCUT2D eigenvalue weighted by molar-refractivity contribution is 0.0855. The third-order valence-electron chi connectivity index (χ3n) is 1.64. The number of Topliss-reactive ketones (excluding diaryl/α,β-unsaturated/α-hetero) is 1. The van der Waals surface area contributed by atoms with E-state index in [1.165, 1.54) is 18.4 Å². The van der Waals surface area contributed by atoms with Gasteiger partial charge in [-0.05, 0) is 6.07 Å². The minimum Gasteiger partial charge on any atom is -0.431 e. The highest BCUT2D eigenvalue weighted by molar-refractivity contribution is 5.99. The number of carbonyl (C=O) groups excluding carboxylic acids is 1. The molecule has 0 unspecified atom stereocenters. The van der Waals surface area contributed by atoms with Crippen LogP contribution in [0, 0.1) is 5.41 Å². The standard InChI is InChI=1S/C10H12O3/c1-10(2,3)9(12)7-4-5-8(11)13-6-7/h4-6H,1-3H3. The van der Waals surface area contributed by atoms with Gasteiger partial charge in [-0.15, -0.1) is 0 Å². The van der Waals surface area contributed by atoms with Gasteiger partial charge in [-0.25, -0.2) is 4.79 Å². The van der Waals surface area contributed by atoms with E-state index in [9.17, 15) is 9.59 Å². The van der Waals surface area contributed by atoms with E-state index in [1.54, 1.807) is 0 Å². The van der Waals surface area contributed by atoms with E-state index in [0.717, 1.165) is 0 Å². The maximum absolute atomic E-state index is 11.6. The highest BCUT2D eigenvalue weighted by atomic mass is 16.4. The van der Waals surface area contributed by atoms with E-state index in [-0.39, 0.29) is 5.78 Å². The van der Waals surface area contributed by atoms with Crippen molar-refractivity contribution in [1.82, 2.24) is 0 Å². The predicted molar refractivity (Wildman–Crippen MR) is 48.8 cm³/mol. The molecule has 1 aromatic heterocycles. The van der Waals surface area contributed by atoms with Gasteiger partial charge in [-0.2, -0.15) is 0 Å². The summed E-state index contributed by atoms with van der Waals surface area (Å²) in [5, 5.41) is 0. The maximum Gasteiger partial charge on any atom is 0.335 e. The Morgan fingerprint density at radius 3 is 2.31 bits per heavy atom. The average molecular weight is 180 g/mol. The molecule has 0 N–H and O–H groups in total. The Morgan fingerprint density at radius 2 is 1.92 bits per heavy atom. The fourth-order valence-corrected chi connectivity index (χ4v) is 0.920. The van der Waals surface area contributed by atoms with Crippen LogP contribution in [0.4, 0.5) is 0 Å². The third kappa shape index (κ3) is 2.28. The first-order valence-corrected chi connectivity index (χ1v) is 4.05. The molecule has 0 saturated heterocycles. The van der Waals surface area contributed by atoms with E-state index in [0.29, 0.717) is 5.56 Å². The lowest BCUT2D eigenvalue weighted by atomic mass is 9.87. The van der Waals surface area contributed by atoms with Crippen LogP contribution >= 0.6 is 0 Å². The molecular formula is C10H12O3. The highest BCUT2D eigenvalue weighted by Gasteiger charge is 2.23. The number of carbonyl (C=O) groups is 1. The quantitative estimate of drug-likeness (QED) is 0.620. The molecule has 0 saturated carbocycles. The van der Waals surface area contributed by atoms with Crippen molar-refractivity contribution in [3.63, 3.8) is 0 Å². The Balaban J connectivity index is 3.04. The smallest absolute Gasteiger partial charge is 0.335 e. The Labute approximate surface area is 76.4 Å². The van der Waals surface area contributed by atoms with Crippen LogP contribution in [-0.2, 0) is 0 Å². The summed E-state index contributed by atoms with van der Waals surface area (Å²) in [5.74, 6) is -0.0312. The Kier molecular flexibility index (Phi) is 2.36. The molecule has 0 aromatic carbocycles. The molecule has 0 spiro atoms. The summed E-state index contributed by atoms with van der Waals surface area (Å²) >= 11 is 0. The van der Waals surface area contributed by atoms with Crippen molar-refractivity contribution >= 4 is 5.78 Å². The summed E-state index contributed by atoms with van der Waals surface area (Å²) < 4.78 is 4.60. The summed E-state index contributed by atoms with van der Waals surface area (Å²) in [4.78, 5) is 22.2. The van der Waals surface area contributed by atoms with Gasteiger partial charge in [0.2, 0.25) is 0 Å². The first kappa shape index (κ1) is 9.71. The monoisotopic (exact) mass is 180 g/mol. The van der Waals surface area contributed by atoms with Crippen LogP contribution in [0.1, 0.15) is 31.1 Å². The summed E-state index contributed by atoms with van der Waals surface area (Å²) in [6.07, 6.45) is 1.20. The number of ketones is 1. The highest BCUT2D eigenvalue weighted by Crippen LogP contribution is 2.19. The fourth-order valence-electron chi connectivity index (χ4n) is 0.920. The van der Waals surface area contributed by atoms with E-state index in [4.69, 9.17) is 0 Å². The van der Waals surface area contributed by atoms with E-state index in [1.807, 2.05) is 20.8 Å². The Bertz CT molecular complexity index is 348. The molecular weight excluding hydrogens is 168 g/mol. The third-order valence-corrected chi connectivity index (χ3v) is 1.64. The van der Waals surface area contributed by atoms with Gasteiger partial charge in [-0.1, -0.05) is 20.8 Å². The van der Waals surface area contributed by atoms with Crippen LogP contribution in [0.3, 0.4) is 0 Å². The van der Waals surface area contributed by atoms with Crippen LogP contribution in [0.15, 0.2) is 27.6 Å². The molecule has 0 aliphatic rings. The molecule has 0 radical (unpaired) electrons. The second kappa shape index (κ2) is 3.17. The molecule has 1 rings (SSSR count). The van der Waals surface area contributed by atoms with Crippen molar-refractivity contribution in [3.05, 3.63) is 34.4 Å². The maximum atomic E-state index is 11.6. The van der Waals surface area contributed by atoms with E-state index < -0.39 is 11.0 Å². The van der Waals surface area contributed by atoms with Gasteiger partial charge in [0, 0.05) is 11.5 Å². The molecule has 1 heterocycles. The summed E-state index contributed by atoms with van der Waals surface area (Å²) in [6, 6.07) is 2.73. The molecule has 0 fully saturated rings. The van der Waals surface area contributed by atoms with Crippen molar-refractivity contribution in [2.75, 3.05) is 0 Å². The molecule has 0 aliphatic carbocycles. The van der Waals surface area contributed by atoms with Crippen LogP contribution < -0.4 is 5.63 Å². The zero-order chi connectivity index (χ0) is 10.1. The van der Waals surface area contributed by atoms with Crippen molar-refractivity contribution < 1.29 is 9.21 Å². The molecule has 13 heavy (non-hydrogen) atoms. The van der Waals surface area contributed by atoms with Gasteiger partial charge in [0.15, 0.2) is 5.78 Å². The molecule has 0 aliphatic heterocycles. The zero-order valence-electron chi connectivity index (χ0n) is 7.96. The molecule has 70 valence electrons. The first-order valence-electron chi connectivity index (χ1n) is 4.05. The molecule has 0 atom stereocenters. The van der Waals surface area contributed by atoms with Crippen LogP contribution in [-0.4, -0.2) is 5.78 Å². The topological polar surface area (TPSA) is 47.3 Å². The van der Waals surface area contributed by atoms with Gasteiger partial charge in [0.1, 0.15) is 6.26 Å². The Morgan fingerprint density at radius 1 is 1.31 bits per heavy atom. The van der Waals surface area contributed by atoms with Gasteiger partial charge in [0.25, 0.3) is 0 Å². The first-order chi connectivity index (χ1) is 5.91. The second-order valence-electron chi connectivity index (χ2n) is 3.92. The largest absolute Gasteiger partial charge is 0.431 e. The van der Waals surface area contributed by atoms with Crippen molar-refractivity contribution in [2.45, 2.75) is 20.8 Å². The van der Waals surface area contributed by atoms with Crippen molar-refractivity contribution in [2.24, 2.45) is 5.41 Å². The number of hydrogen-bond acceptors (Lipinski definition) is 3. The molecule has 0 amide bonds.